The van der Waals surface area contributed by atoms with Gasteiger partial charge in [-0.15, -0.1) is 0 Å². The summed E-state index contributed by atoms with van der Waals surface area (Å²) < 4.78 is 5.34. The first kappa shape index (κ1) is 13.4. The molecule has 3 heteroatoms. The number of hydrogen-bond acceptors (Lipinski definition) is 2. The average molecular weight is 201 g/mol. The number of amides is 1. The van der Waals surface area contributed by atoms with Crippen LogP contribution in [0.3, 0.4) is 0 Å². The normalized spacial score (nSPS) is 11.0. The summed E-state index contributed by atoms with van der Waals surface area (Å²) in [6.45, 7) is 9.61. The van der Waals surface area contributed by atoms with Gasteiger partial charge in [0.25, 0.3) is 0 Å². The number of rotatable bonds is 7. The van der Waals surface area contributed by atoms with Crippen molar-refractivity contribution in [3.05, 3.63) is 0 Å². The first-order valence-electron chi connectivity index (χ1n) is 5.40. The van der Waals surface area contributed by atoms with E-state index in [2.05, 4.69) is 19.2 Å². The largest absolute Gasteiger partial charge is 0.379 e. The Morgan fingerprint density at radius 3 is 2.43 bits per heavy atom. The first-order valence-corrected chi connectivity index (χ1v) is 5.40. The van der Waals surface area contributed by atoms with E-state index in [9.17, 15) is 4.79 Å². The Morgan fingerprint density at radius 1 is 1.29 bits per heavy atom. The van der Waals surface area contributed by atoms with Gasteiger partial charge in [0, 0.05) is 19.6 Å². The lowest BCUT2D eigenvalue weighted by atomic mass is 10.2. The Bertz CT molecular complexity index is 155. The number of carbonyl (C=O) groups excluding carboxylic acids is 1. The fourth-order valence-electron chi connectivity index (χ4n) is 0.958. The summed E-state index contributed by atoms with van der Waals surface area (Å²) in [4.78, 5) is 11.2. The summed E-state index contributed by atoms with van der Waals surface area (Å²) in [6.07, 6.45) is 1.63. The maximum absolute atomic E-state index is 11.2. The van der Waals surface area contributed by atoms with Gasteiger partial charge >= 0.3 is 0 Å². The van der Waals surface area contributed by atoms with Crippen molar-refractivity contribution in [1.29, 1.82) is 0 Å². The molecular formula is C11H23NO2. The van der Waals surface area contributed by atoms with Crippen LogP contribution in [-0.4, -0.2) is 25.2 Å². The van der Waals surface area contributed by atoms with E-state index in [1.165, 1.54) is 0 Å². The van der Waals surface area contributed by atoms with Gasteiger partial charge < -0.3 is 10.1 Å². The molecule has 0 aromatic rings. The summed E-state index contributed by atoms with van der Waals surface area (Å²) in [6, 6.07) is 0. The number of ether oxygens (including phenoxy) is 1. The second kappa shape index (κ2) is 7.80. The Morgan fingerprint density at radius 2 is 1.93 bits per heavy atom. The van der Waals surface area contributed by atoms with Crippen molar-refractivity contribution in [2.24, 2.45) is 5.92 Å². The standard InChI is InChI=1S/C11H23NO2/c1-9(2)8-12-11(13)6-5-7-14-10(3)4/h9-10H,5-8H2,1-4H3,(H,12,13). The molecule has 84 valence electrons. The second-order valence-corrected chi connectivity index (χ2v) is 4.22. The predicted molar refractivity (Wildman–Crippen MR) is 58.2 cm³/mol. The molecule has 0 saturated carbocycles. The van der Waals surface area contributed by atoms with Crippen molar-refractivity contribution in [2.75, 3.05) is 13.2 Å². The summed E-state index contributed by atoms with van der Waals surface area (Å²) in [5.74, 6) is 0.650. The van der Waals surface area contributed by atoms with Gasteiger partial charge in [-0.05, 0) is 26.2 Å². The van der Waals surface area contributed by atoms with E-state index in [1.54, 1.807) is 0 Å². The zero-order valence-corrected chi connectivity index (χ0v) is 9.80. The molecule has 0 radical (unpaired) electrons. The smallest absolute Gasteiger partial charge is 0.220 e. The summed E-state index contributed by atoms with van der Waals surface area (Å²) in [7, 11) is 0. The van der Waals surface area contributed by atoms with Gasteiger partial charge in [0.15, 0.2) is 0 Å². The van der Waals surface area contributed by atoms with E-state index in [4.69, 9.17) is 4.74 Å². The van der Waals surface area contributed by atoms with E-state index in [1.807, 2.05) is 13.8 Å². The Labute approximate surface area is 87.2 Å². The molecule has 0 spiro atoms. The van der Waals surface area contributed by atoms with Gasteiger partial charge in [0.05, 0.1) is 6.10 Å². The third-order valence-electron chi connectivity index (χ3n) is 1.71. The Balaban J connectivity index is 3.27. The average Bonchev–Trinajstić information content (AvgIpc) is 2.08. The van der Waals surface area contributed by atoms with Crippen LogP contribution in [0.2, 0.25) is 0 Å². The molecule has 0 rings (SSSR count). The summed E-state index contributed by atoms with van der Waals surface area (Å²) in [5, 5.41) is 2.88. The monoisotopic (exact) mass is 201 g/mol. The molecule has 0 aromatic heterocycles. The van der Waals surface area contributed by atoms with Crippen LogP contribution in [0.1, 0.15) is 40.5 Å². The van der Waals surface area contributed by atoms with Crippen LogP contribution in [0.15, 0.2) is 0 Å². The van der Waals surface area contributed by atoms with Crippen molar-refractivity contribution in [2.45, 2.75) is 46.6 Å². The van der Waals surface area contributed by atoms with Crippen LogP contribution >= 0.6 is 0 Å². The van der Waals surface area contributed by atoms with Gasteiger partial charge in [-0.25, -0.2) is 0 Å². The van der Waals surface area contributed by atoms with Crippen LogP contribution in [0.25, 0.3) is 0 Å². The highest BCUT2D eigenvalue weighted by Crippen LogP contribution is 1.95. The number of nitrogens with one attached hydrogen (secondary N) is 1. The molecule has 0 atom stereocenters. The minimum absolute atomic E-state index is 0.131. The fourth-order valence-corrected chi connectivity index (χ4v) is 0.958. The molecule has 1 N–H and O–H groups in total. The van der Waals surface area contributed by atoms with Gasteiger partial charge in [-0.1, -0.05) is 13.8 Å². The quantitative estimate of drug-likeness (QED) is 0.639. The van der Waals surface area contributed by atoms with Crippen molar-refractivity contribution in [3.63, 3.8) is 0 Å². The van der Waals surface area contributed by atoms with Gasteiger partial charge in [-0.3, -0.25) is 4.79 Å². The Kier molecular flexibility index (Phi) is 7.48. The molecule has 0 unspecified atom stereocenters. The SMILES string of the molecule is CC(C)CNC(=O)CCCOC(C)C. The minimum atomic E-state index is 0.131. The molecule has 14 heavy (non-hydrogen) atoms. The highest BCUT2D eigenvalue weighted by molar-refractivity contribution is 5.75. The Hall–Kier alpha value is -0.570. The minimum Gasteiger partial charge on any atom is -0.379 e. The molecule has 0 heterocycles. The maximum Gasteiger partial charge on any atom is 0.220 e. The highest BCUT2D eigenvalue weighted by Gasteiger charge is 2.02. The molecule has 0 aliphatic rings. The molecule has 0 aliphatic heterocycles. The lowest BCUT2D eigenvalue weighted by Gasteiger charge is -2.08. The van der Waals surface area contributed by atoms with E-state index >= 15 is 0 Å². The lowest BCUT2D eigenvalue weighted by molar-refractivity contribution is -0.121. The molecule has 3 nitrogen and oxygen atoms in total. The molecule has 0 bridgehead atoms. The van der Waals surface area contributed by atoms with Crippen LogP contribution < -0.4 is 5.32 Å². The van der Waals surface area contributed by atoms with Crippen molar-refractivity contribution < 1.29 is 9.53 Å². The first-order chi connectivity index (χ1) is 6.52. The van der Waals surface area contributed by atoms with E-state index in [-0.39, 0.29) is 12.0 Å². The van der Waals surface area contributed by atoms with Crippen molar-refractivity contribution in [3.8, 4) is 0 Å². The van der Waals surface area contributed by atoms with Crippen LogP contribution in [-0.2, 0) is 9.53 Å². The van der Waals surface area contributed by atoms with Gasteiger partial charge in [-0.2, -0.15) is 0 Å². The molecule has 0 aliphatic carbocycles. The second-order valence-electron chi connectivity index (χ2n) is 4.22. The molecular weight excluding hydrogens is 178 g/mol. The topological polar surface area (TPSA) is 38.3 Å². The summed E-state index contributed by atoms with van der Waals surface area (Å²) in [5.41, 5.74) is 0. The molecule has 0 fully saturated rings. The van der Waals surface area contributed by atoms with Crippen LogP contribution in [0, 0.1) is 5.92 Å². The van der Waals surface area contributed by atoms with Gasteiger partial charge in [0.2, 0.25) is 5.91 Å². The zero-order valence-electron chi connectivity index (χ0n) is 9.80. The van der Waals surface area contributed by atoms with Gasteiger partial charge in [0.1, 0.15) is 0 Å². The predicted octanol–water partition coefficient (Wildman–Crippen LogP) is 1.96. The number of carbonyl (C=O) groups is 1. The van der Waals surface area contributed by atoms with Crippen molar-refractivity contribution >= 4 is 5.91 Å². The van der Waals surface area contributed by atoms with Crippen molar-refractivity contribution in [1.82, 2.24) is 5.32 Å². The fraction of sp³-hybridized carbons (Fsp3) is 0.909. The van der Waals surface area contributed by atoms with E-state index in [0.29, 0.717) is 18.9 Å². The highest BCUT2D eigenvalue weighted by atomic mass is 16.5. The summed E-state index contributed by atoms with van der Waals surface area (Å²) >= 11 is 0. The molecule has 1 amide bonds. The zero-order chi connectivity index (χ0) is 11.0. The third kappa shape index (κ3) is 9.52. The maximum atomic E-state index is 11.2. The molecule has 0 saturated heterocycles. The van der Waals surface area contributed by atoms with E-state index < -0.39 is 0 Å². The van der Waals surface area contributed by atoms with Crippen LogP contribution in [0.4, 0.5) is 0 Å². The van der Waals surface area contributed by atoms with Crippen LogP contribution in [0.5, 0.6) is 0 Å². The lowest BCUT2D eigenvalue weighted by Crippen LogP contribution is -2.27. The van der Waals surface area contributed by atoms with E-state index in [0.717, 1.165) is 13.0 Å². The third-order valence-corrected chi connectivity index (χ3v) is 1.71. The molecule has 0 aromatic carbocycles. The number of hydrogen-bond donors (Lipinski definition) is 1.